The smallest absolute Gasteiger partial charge is 0.235 e. The second kappa shape index (κ2) is 11.1. The molecular weight excluding hydrogens is 422 g/mol. The third-order valence-electron chi connectivity index (χ3n) is 5.32. The maximum atomic E-state index is 13.0. The normalized spacial score (nSPS) is 16.1. The van der Waals surface area contributed by atoms with Gasteiger partial charge in [0, 0.05) is 52.0 Å². The van der Waals surface area contributed by atoms with Gasteiger partial charge in [-0.2, -0.15) is 0 Å². The highest BCUT2D eigenvalue weighted by Gasteiger charge is 2.27. The Morgan fingerprint density at radius 2 is 1.97 bits per heavy atom. The summed E-state index contributed by atoms with van der Waals surface area (Å²) >= 11 is 7.86. The number of carbonyl (C=O) groups is 1. The number of piperazine rings is 1. The summed E-state index contributed by atoms with van der Waals surface area (Å²) in [6, 6.07) is 7.62. The standard InChI is InChI=1S/C21H30ClN5O2S/c1-4-25-11-13-26(14-12-25)20(28)16(2)30-21-24-23-19(27(21)10-7-15-29-3)17-8-5-6-9-18(17)22/h5-6,8-9,16H,4,7,10-15H2,1-3H3. The molecule has 2 heterocycles. The third-order valence-corrected chi connectivity index (χ3v) is 6.72. The molecule has 1 saturated heterocycles. The van der Waals surface area contributed by atoms with E-state index in [2.05, 4.69) is 22.0 Å². The minimum absolute atomic E-state index is 0.154. The van der Waals surface area contributed by atoms with E-state index in [4.69, 9.17) is 16.3 Å². The first-order valence-electron chi connectivity index (χ1n) is 10.4. The molecule has 7 nitrogen and oxygen atoms in total. The zero-order valence-corrected chi connectivity index (χ0v) is 19.5. The van der Waals surface area contributed by atoms with Gasteiger partial charge >= 0.3 is 0 Å². The molecule has 0 aliphatic carbocycles. The predicted octanol–water partition coefficient (Wildman–Crippen LogP) is 3.28. The van der Waals surface area contributed by atoms with E-state index in [1.807, 2.05) is 40.7 Å². The van der Waals surface area contributed by atoms with Crippen LogP contribution in [-0.4, -0.2) is 82.2 Å². The molecule has 1 aliphatic heterocycles. The second-order valence-corrected chi connectivity index (χ2v) is 9.02. The monoisotopic (exact) mass is 451 g/mol. The molecule has 30 heavy (non-hydrogen) atoms. The summed E-state index contributed by atoms with van der Waals surface area (Å²) in [6.07, 6.45) is 0.820. The number of aromatic nitrogens is 3. The summed E-state index contributed by atoms with van der Waals surface area (Å²) in [5.41, 5.74) is 0.839. The molecule has 1 aromatic carbocycles. The van der Waals surface area contributed by atoms with E-state index in [0.29, 0.717) is 18.2 Å². The van der Waals surface area contributed by atoms with Crippen LogP contribution in [0.15, 0.2) is 29.4 Å². The predicted molar refractivity (Wildman–Crippen MR) is 121 cm³/mol. The number of hydrogen-bond donors (Lipinski definition) is 0. The first kappa shape index (κ1) is 23.1. The highest BCUT2D eigenvalue weighted by molar-refractivity contribution is 8.00. The topological polar surface area (TPSA) is 63.5 Å². The van der Waals surface area contributed by atoms with Crippen molar-refractivity contribution in [2.45, 2.75) is 37.2 Å². The Balaban J connectivity index is 1.76. The van der Waals surface area contributed by atoms with E-state index in [0.717, 1.165) is 55.7 Å². The van der Waals surface area contributed by atoms with E-state index in [-0.39, 0.29) is 11.2 Å². The average molecular weight is 452 g/mol. The zero-order valence-electron chi connectivity index (χ0n) is 17.9. The van der Waals surface area contributed by atoms with Crippen molar-refractivity contribution in [3.8, 4) is 11.4 Å². The van der Waals surface area contributed by atoms with Crippen LogP contribution in [0, 0.1) is 0 Å². The minimum atomic E-state index is -0.234. The Bertz CT molecular complexity index is 839. The number of halogens is 1. The molecule has 2 aromatic rings. The van der Waals surface area contributed by atoms with Crippen molar-refractivity contribution in [3.05, 3.63) is 29.3 Å². The Kier molecular flexibility index (Phi) is 8.56. The molecule has 0 bridgehead atoms. The fourth-order valence-corrected chi connectivity index (χ4v) is 4.72. The van der Waals surface area contributed by atoms with E-state index in [1.165, 1.54) is 11.8 Å². The van der Waals surface area contributed by atoms with Gasteiger partial charge in [-0.1, -0.05) is 42.4 Å². The number of hydrogen-bond acceptors (Lipinski definition) is 6. The van der Waals surface area contributed by atoms with Crippen LogP contribution in [0.3, 0.4) is 0 Å². The van der Waals surface area contributed by atoms with Gasteiger partial charge in [-0.3, -0.25) is 4.79 Å². The lowest BCUT2D eigenvalue weighted by molar-refractivity contribution is -0.132. The number of carbonyl (C=O) groups excluding carboxylic acids is 1. The van der Waals surface area contributed by atoms with Gasteiger partial charge in [0.1, 0.15) is 0 Å². The Labute approximate surface area is 187 Å². The van der Waals surface area contributed by atoms with Crippen LogP contribution in [0.2, 0.25) is 5.02 Å². The van der Waals surface area contributed by atoms with Crippen LogP contribution < -0.4 is 0 Å². The van der Waals surface area contributed by atoms with Crippen LogP contribution in [0.4, 0.5) is 0 Å². The molecule has 1 aliphatic rings. The second-order valence-electron chi connectivity index (χ2n) is 7.30. The fraction of sp³-hybridized carbons (Fsp3) is 0.571. The van der Waals surface area contributed by atoms with Crippen molar-refractivity contribution in [3.63, 3.8) is 0 Å². The Hall–Kier alpha value is -1.61. The number of thioether (sulfide) groups is 1. The molecule has 1 aromatic heterocycles. The first-order chi connectivity index (χ1) is 14.5. The number of methoxy groups -OCH3 is 1. The number of nitrogens with zero attached hydrogens (tertiary/aromatic N) is 5. The van der Waals surface area contributed by atoms with Crippen LogP contribution in [-0.2, 0) is 16.1 Å². The maximum absolute atomic E-state index is 13.0. The van der Waals surface area contributed by atoms with Crippen molar-refractivity contribution in [1.29, 1.82) is 0 Å². The molecule has 1 unspecified atom stereocenters. The Morgan fingerprint density at radius 1 is 1.23 bits per heavy atom. The van der Waals surface area contributed by atoms with Gasteiger partial charge in [-0.15, -0.1) is 10.2 Å². The van der Waals surface area contributed by atoms with Crippen LogP contribution >= 0.6 is 23.4 Å². The lowest BCUT2D eigenvalue weighted by atomic mass is 10.2. The molecule has 0 N–H and O–H groups in total. The van der Waals surface area contributed by atoms with E-state index in [9.17, 15) is 4.79 Å². The first-order valence-corrected chi connectivity index (χ1v) is 11.7. The van der Waals surface area contributed by atoms with Crippen molar-refractivity contribution in [2.75, 3.05) is 46.4 Å². The van der Waals surface area contributed by atoms with Gasteiger partial charge in [0.2, 0.25) is 5.91 Å². The quantitative estimate of drug-likeness (QED) is 0.430. The summed E-state index contributed by atoms with van der Waals surface area (Å²) in [5, 5.41) is 9.94. The van der Waals surface area contributed by atoms with Gasteiger partial charge in [0.25, 0.3) is 0 Å². The summed E-state index contributed by atoms with van der Waals surface area (Å²) in [7, 11) is 1.69. The number of benzene rings is 1. The average Bonchev–Trinajstić information content (AvgIpc) is 3.16. The number of rotatable bonds is 9. The third kappa shape index (κ3) is 5.55. The molecule has 1 atom stereocenters. The van der Waals surface area contributed by atoms with E-state index >= 15 is 0 Å². The number of amides is 1. The van der Waals surface area contributed by atoms with Gasteiger partial charge < -0.3 is 19.1 Å². The zero-order chi connectivity index (χ0) is 21.5. The molecule has 0 saturated carbocycles. The van der Waals surface area contributed by atoms with Gasteiger partial charge in [0.05, 0.1) is 10.3 Å². The summed E-state index contributed by atoms with van der Waals surface area (Å²) in [5.74, 6) is 0.872. The van der Waals surface area contributed by atoms with Crippen molar-refractivity contribution < 1.29 is 9.53 Å². The molecule has 0 radical (unpaired) electrons. The van der Waals surface area contributed by atoms with Gasteiger partial charge in [-0.05, 0) is 32.0 Å². The molecule has 1 fully saturated rings. The van der Waals surface area contributed by atoms with Crippen LogP contribution in [0.5, 0.6) is 0 Å². The maximum Gasteiger partial charge on any atom is 0.235 e. The van der Waals surface area contributed by atoms with Crippen molar-refractivity contribution >= 4 is 29.3 Å². The Morgan fingerprint density at radius 3 is 2.63 bits per heavy atom. The van der Waals surface area contributed by atoms with Crippen LogP contribution in [0.25, 0.3) is 11.4 Å². The van der Waals surface area contributed by atoms with E-state index < -0.39 is 0 Å². The van der Waals surface area contributed by atoms with Crippen molar-refractivity contribution in [2.24, 2.45) is 0 Å². The molecule has 3 rings (SSSR count). The summed E-state index contributed by atoms with van der Waals surface area (Å²) in [6.45, 7) is 9.90. The largest absolute Gasteiger partial charge is 0.385 e. The van der Waals surface area contributed by atoms with Gasteiger partial charge in [-0.25, -0.2) is 0 Å². The SMILES string of the molecule is CCN1CCN(C(=O)C(C)Sc2nnc(-c3ccccc3Cl)n2CCCOC)CC1. The van der Waals surface area contributed by atoms with E-state index in [1.54, 1.807) is 7.11 Å². The molecule has 164 valence electrons. The number of ether oxygens (including phenoxy) is 1. The lowest BCUT2D eigenvalue weighted by Crippen LogP contribution is -2.50. The van der Waals surface area contributed by atoms with Gasteiger partial charge in [0.15, 0.2) is 11.0 Å². The highest BCUT2D eigenvalue weighted by Crippen LogP contribution is 2.31. The number of likely N-dealkylation sites (N-methyl/N-ethyl adjacent to an activating group) is 1. The molecule has 9 heteroatoms. The fourth-order valence-electron chi connectivity index (χ4n) is 3.54. The van der Waals surface area contributed by atoms with Crippen molar-refractivity contribution in [1.82, 2.24) is 24.6 Å². The molecule has 0 spiro atoms. The highest BCUT2D eigenvalue weighted by atomic mass is 35.5. The summed E-state index contributed by atoms with van der Waals surface area (Å²) < 4.78 is 7.26. The lowest BCUT2D eigenvalue weighted by Gasteiger charge is -2.35. The molecular formula is C21H30ClN5O2S. The van der Waals surface area contributed by atoms with Crippen LogP contribution in [0.1, 0.15) is 20.3 Å². The summed E-state index contributed by atoms with van der Waals surface area (Å²) in [4.78, 5) is 17.3. The minimum Gasteiger partial charge on any atom is -0.385 e. The molecule has 1 amide bonds.